The van der Waals surface area contributed by atoms with E-state index in [0.29, 0.717) is 44.9 Å². The van der Waals surface area contributed by atoms with Crippen LogP contribution in [0.1, 0.15) is 17.5 Å². The van der Waals surface area contributed by atoms with Gasteiger partial charge in [-0.3, -0.25) is 4.79 Å². The number of halogens is 1. The van der Waals surface area contributed by atoms with Gasteiger partial charge in [0.05, 0.1) is 38.1 Å². The first-order chi connectivity index (χ1) is 18.3. The van der Waals surface area contributed by atoms with Gasteiger partial charge < -0.3 is 44.9 Å². The van der Waals surface area contributed by atoms with Gasteiger partial charge in [-0.2, -0.15) is 0 Å². The van der Waals surface area contributed by atoms with E-state index in [1.807, 2.05) is 18.2 Å². The number of rotatable bonds is 13. The number of amides is 1. The van der Waals surface area contributed by atoms with E-state index in [-0.39, 0.29) is 32.1 Å². The molecule has 0 radical (unpaired) electrons. The lowest BCUT2D eigenvalue weighted by molar-refractivity contribution is -0.118. The van der Waals surface area contributed by atoms with Crippen LogP contribution in [0.3, 0.4) is 0 Å². The first-order valence-electron chi connectivity index (χ1n) is 12.2. The number of carbonyl (C=O) groups excluding carboxylic acids is 1. The van der Waals surface area contributed by atoms with Crippen molar-refractivity contribution in [1.29, 1.82) is 0 Å². The molecule has 3 unspecified atom stereocenters. The molecule has 1 amide bonds. The molecule has 2 aromatic rings. The summed E-state index contributed by atoms with van der Waals surface area (Å²) in [6.45, 7) is 0.276. The Morgan fingerprint density at radius 1 is 1.05 bits per heavy atom. The molecular weight excluding hydrogens is 607 g/mol. The van der Waals surface area contributed by atoms with Gasteiger partial charge in [0.1, 0.15) is 23.7 Å². The predicted molar refractivity (Wildman–Crippen MR) is 150 cm³/mol. The third-order valence-electron chi connectivity index (χ3n) is 6.26. The smallest absolute Gasteiger partial charge is 0.247 e. The number of ether oxygens (including phenoxy) is 4. The Morgan fingerprint density at radius 3 is 2.47 bits per heavy atom. The van der Waals surface area contributed by atoms with Gasteiger partial charge in [0.25, 0.3) is 0 Å². The van der Waals surface area contributed by atoms with E-state index in [1.54, 1.807) is 32.4 Å². The van der Waals surface area contributed by atoms with Gasteiger partial charge in [0, 0.05) is 18.2 Å². The lowest BCUT2D eigenvalue weighted by Gasteiger charge is -2.35. The zero-order valence-corrected chi connectivity index (χ0v) is 23.9. The van der Waals surface area contributed by atoms with Crippen molar-refractivity contribution in [3.63, 3.8) is 0 Å². The molecule has 208 valence electrons. The van der Waals surface area contributed by atoms with Crippen LogP contribution in [0.25, 0.3) is 0 Å². The molecular formula is C27H35IN2O8. The molecule has 38 heavy (non-hydrogen) atoms. The summed E-state index contributed by atoms with van der Waals surface area (Å²) in [4.78, 5) is 12.8. The van der Waals surface area contributed by atoms with E-state index in [2.05, 4.69) is 33.2 Å². The first-order valence-corrected chi connectivity index (χ1v) is 13.3. The van der Waals surface area contributed by atoms with Gasteiger partial charge in [-0.15, -0.1) is 0 Å². The highest BCUT2D eigenvalue weighted by Crippen LogP contribution is 2.36. The number of nitrogens with one attached hydrogen (secondary N) is 2. The highest BCUT2D eigenvalue weighted by molar-refractivity contribution is 14.1. The minimum atomic E-state index is -0.977. The maximum absolute atomic E-state index is 12.8. The third kappa shape index (κ3) is 7.50. The van der Waals surface area contributed by atoms with Gasteiger partial charge in [-0.1, -0.05) is 0 Å². The molecule has 0 saturated carbocycles. The van der Waals surface area contributed by atoms with Crippen LogP contribution >= 0.6 is 22.6 Å². The average Bonchev–Trinajstić information content (AvgIpc) is 2.93. The predicted octanol–water partition coefficient (Wildman–Crippen LogP) is 1.56. The first kappa shape index (κ1) is 30.0. The Labute approximate surface area is 236 Å². The van der Waals surface area contributed by atoms with Crippen molar-refractivity contribution in [3.05, 3.63) is 56.7 Å². The van der Waals surface area contributed by atoms with Gasteiger partial charge in [0.2, 0.25) is 5.91 Å². The summed E-state index contributed by atoms with van der Waals surface area (Å²) in [6.07, 6.45) is 0.639. The molecule has 3 rings (SSSR count). The fourth-order valence-corrected chi connectivity index (χ4v) is 5.08. The van der Waals surface area contributed by atoms with Gasteiger partial charge >= 0.3 is 0 Å². The number of hydrogen-bond donors (Lipinski definition) is 5. The van der Waals surface area contributed by atoms with Crippen molar-refractivity contribution >= 4 is 28.5 Å². The average molecular weight is 642 g/mol. The molecule has 11 heteroatoms. The van der Waals surface area contributed by atoms with Crippen molar-refractivity contribution in [2.45, 2.75) is 37.7 Å². The van der Waals surface area contributed by atoms with E-state index < -0.39 is 18.2 Å². The molecule has 0 saturated heterocycles. The van der Waals surface area contributed by atoms with Crippen LogP contribution in [0, 0.1) is 3.57 Å². The van der Waals surface area contributed by atoms with E-state index in [4.69, 9.17) is 24.1 Å². The summed E-state index contributed by atoms with van der Waals surface area (Å²) in [5, 5.41) is 36.0. The number of methoxy groups -OCH3 is 3. The third-order valence-corrected chi connectivity index (χ3v) is 7.06. The standard InChI is InChI=1S/C27H35IN2O8/c1-35-19-4-5-22(36-2)17(12-19)6-7-29-21-13-18(27(34)30-8-9-31)14-23(25(21)33)38-26-20(28)10-16(15-32)11-24(26)37-3/h4-5,10-12,14,21,23,25,29,31-33H,6-9,13,15H2,1-3H3,(H,30,34). The maximum Gasteiger partial charge on any atom is 0.247 e. The monoisotopic (exact) mass is 642 g/mol. The van der Waals surface area contributed by atoms with Gasteiger partial charge in [0.15, 0.2) is 11.5 Å². The van der Waals surface area contributed by atoms with Crippen LogP contribution < -0.4 is 29.6 Å². The van der Waals surface area contributed by atoms with Crippen LogP contribution in [0.4, 0.5) is 0 Å². The summed E-state index contributed by atoms with van der Waals surface area (Å²) < 4.78 is 23.2. The van der Waals surface area contributed by atoms with Crippen LogP contribution in [0.5, 0.6) is 23.0 Å². The molecule has 0 fully saturated rings. The molecule has 2 aromatic carbocycles. The summed E-state index contributed by atoms with van der Waals surface area (Å²) in [5.41, 5.74) is 2.04. The Balaban J connectivity index is 1.82. The molecule has 0 heterocycles. The second kappa shape index (κ2) is 14.5. The summed E-state index contributed by atoms with van der Waals surface area (Å²) in [5.74, 6) is 1.93. The van der Waals surface area contributed by atoms with E-state index in [1.165, 1.54) is 7.11 Å². The van der Waals surface area contributed by atoms with Crippen LogP contribution in [-0.4, -0.2) is 80.5 Å². The number of benzene rings is 2. The molecule has 1 aliphatic rings. The Bertz CT molecular complexity index is 1130. The fraction of sp³-hybridized carbons (Fsp3) is 0.444. The van der Waals surface area contributed by atoms with E-state index in [0.717, 1.165) is 11.3 Å². The normalized spacial score (nSPS) is 18.9. The number of aliphatic hydroxyl groups is 3. The van der Waals surface area contributed by atoms with Gasteiger partial charge in [-0.25, -0.2) is 0 Å². The minimum Gasteiger partial charge on any atom is -0.497 e. The van der Waals surface area contributed by atoms with Crippen molar-refractivity contribution in [2.75, 3.05) is 41.0 Å². The highest BCUT2D eigenvalue weighted by atomic mass is 127. The molecule has 1 aliphatic carbocycles. The minimum absolute atomic E-state index is 0.117. The zero-order chi connectivity index (χ0) is 27.7. The topological polar surface area (TPSA) is 139 Å². The van der Waals surface area contributed by atoms with Crippen LogP contribution in [-0.2, 0) is 17.8 Å². The van der Waals surface area contributed by atoms with Crippen molar-refractivity contribution in [1.82, 2.24) is 10.6 Å². The lowest BCUT2D eigenvalue weighted by Crippen LogP contribution is -2.52. The number of aliphatic hydroxyl groups excluding tert-OH is 3. The molecule has 5 N–H and O–H groups in total. The summed E-state index contributed by atoms with van der Waals surface area (Å²) in [7, 11) is 4.71. The van der Waals surface area contributed by atoms with Crippen LogP contribution in [0.2, 0.25) is 0 Å². The Kier molecular flexibility index (Phi) is 11.5. The number of hydrogen-bond acceptors (Lipinski definition) is 9. The zero-order valence-electron chi connectivity index (χ0n) is 21.7. The molecule has 0 spiro atoms. The molecule has 3 atom stereocenters. The van der Waals surface area contributed by atoms with E-state index in [9.17, 15) is 15.0 Å². The second-order valence-electron chi connectivity index (χ2n) is 8.70. The van der Waals surface area contributed by atoms with Gasteiger partial charge in [-0.05, 0) is 89.5 Å². The Hall–Kier alpha value is -2.58. The Morgan fingerprint density at radius 2 is 1.82 bits per heavy atom. The van der Waals surface area contributed by atoms with Crippen molar-refractivity contribution < 1.29 is 39.1 Å². The quantitative estimate of drug-likeness (QED) is 0.206. The molecule has 0 aliphatic heterocycles. The lowest BCUT2D eigenvalue weighted by atomic mass is 9.89. The molecule has 0 bridgehead atoms. The van der Waals surface area contributed by atoms with Crippen molar-refractivity contribution in [3.8, 4) is 23.0 Å². The highest BCUT2D eigenvalue weighted by Gasteiger charge is 2.36. The number of carbonyl (C=O) groups is 1. The SMILES string of the molecule is COc1ccc(OC)c(CCNC2CC(C(=O)NCCO)=CC(Oc3c(I)cc(CO)cc3OC)C2O)c1. The van der Waals surface area contributed by atoms with E-state index >= 15 is 0 Å². The summed E-state index contributed by atoms with van der Waals surface area (Å²) in [6, 6.07) is 8.52. The summed E-state index contributed by atoms with van der Waals surface area (Å²) >= 11 is 2.08. The second-order valence-corrected chi connectivity index (χ2v) is 9.87. The largest absolute Gasteiger partial charge is 0.497 e. The van der Waals surface area contributed by atoms with Crippen LogP contribution in [0.15, 0.2) is 42.0 Å². The molecule has 10 nitrogen and oxygen atoms in total. The maximum atomic E-state index is 12.8. The molecule has 0 aromatic heterocycles. The van der Waals surface area contributed by atoms with Crippen molar-refractivity contribution in [2.24, 2.45) is 0 Å². The fourth-order valence-electron chi connectivity index (χ4n) is 4.28.